The van der Waals surface area contributed by atoms with Gasteiger partial charge >= 0.3 is 0 Å². The molecule has 0 atom stereocenters. The van der Waals surface area contributed by atoms with Crippen LogP contribution in [0, 0.1) is 4.77 Å². The number of aromatic hydroxyl groups is 1. The number of hydrogen-bond acceptors (Lipinski definition) is 6. The molecule has 1 saturated heterocycles. The van der Waals surface area contributed by atoms with Gasteiger partial charge in [0.25, 0.3) is 5.56 Å². The van der Waals surface area contributed by atoms with E-state index in [0.29, 0.717) is 11.4 Å². The van der Waals surface area contributed by atoms with E-state index in [0.717, 1.165) is 26.2 Å². The molecule has 138 valence electrons. The Labute approximate surface area is 155 Å². The first-order chi connectivity index (χ1) is 12.5. The molecule has 2 heterocycles. The average molecular weight is 376 g/mol. The second-order valence-electron chi connectivity index (χ2n) is 6.19. The summed E-state index contributed by atoms with van der Waals surface area (Å²) in [5.41, 5.74) is 0.170. The average Bonchev–Trinajstić information content (AvgIpc) is 2.63. The Kier molecular flexibility index (Phi) is 5.38. The monoisotopic (exact) mass is 376 g/mol. The fourth-order valence-electron chi connectivity index (χ4n) is 2.78. The van der Waals surface area contributed by atoms with Crippen LogP contribution in [0.1, 0.15) is 5.56 Å². The quantitative estimate of drug-likeness (QED) is 0.507. The summed E-state index contributed by atoms with van der Waals surface area (Å²) >= 11 is 5.22. The van der Waals surface area contributed by atoms with E-state index in [9.17, 15) is 9.90 Å². The third-order valence-electron chi connectivity index (χ3n) is 4.38. The van der Waals surface area contributed by atoms with Crippen molar-refractivity contribution in [3.05, 3.63) is 45.0 Å². The second-order valence-corrected chi connectivity index (χ2v) is 6.58. The first kappa shape index (κ1) is 18.2. The van der Waals surface area contributed by atoms with Crippen molar-refractivity contribution in [1.82, 2.24) is 14.6 Å². The predicted octanol–water partition coefficient (Wildman–Crippen LogP) is -0.227. The van der Waals surface area contributed by atoms with Crippen LogP contribution in [0.4, 0.5) is 0 Å². The zero-order valence-electron chi connectivity index (χ0n) is 14.7. The Balaban J connectivity index is 1.99. The zero-order valence-corrected chi connectivity index (χ0v) is 15.5. The minimum Gasteiger partial charge on any atom is -0.497 e. The van der Waals surface area contributed by atoms with Crippen LogP contribution in [-0.4, -0.2) is 66.2 Å². The van der Waals surface area contributed by atoms with Crippen molar-refractivity contribution in [3.8, 4) is 17.3 Å². The van der Waals surface area contributed by atoms with Crippen LogP contribution >= 0.6 is 12.2 Å². The number of hydrogen-bond donors (Lipinski definition) is 3. The number of aromatic amines is 1. The zero-order chi connectivity index (χ0) is 18.7. The van der Waals surface area contributed by atoms with Crippen LogP contribution < -0.4 is 15.2 Å². The number of ether oxygens (including phenoxy) is 1. The van der Waals surface area contributed by atoms with Gasteiger partial charge in [-0.3, -0.25) is 19.4 Å². The summed E-state index contributed by atoms with van der Waals surface area (Å²) in [5.74, 6) is 0.362. The molecule has 2 aromatic rings. The SMILES string of the molecule is COc1cccc(-n2c(O)c(/C=N/N3CC[NH+](C)CC3)c(=O)[nH]c2=S)c1. The number of quaternary nitrogens is 1. The highest BCUT2D eigenvalue weighted by molar-refractivity contribution is 7.71. The molecule has 0 unspecified atom stereocenters. The van der Waals surface area contributed by atoms with Crippen LogP contribution in [0.2, 0.25) is 0 Å². The van der Waals surface area contributed by atoms with Gasteiger partial charge in [-0.1, -0.05) is 6.07 Å². The summed E-state index contributed by atoms with van der Waals surface area (Å²) in [6, 6.07) is 7.05. The number of hydrazone groups is 1. The highest BCUT2D eigenvalue weighted by Gasteiger charge is 2.16. The fourth-order valence-corrected chi connectivity index (χ4v) is 3.06. The van der Waals surface area contributed by atoms with E-state index < -0.39 is 5.56 Å². The molecule has 26 heavy (non-hydrogen) atoms. The van der Waals surface area contributed by atoms with Gasteiger partial charge in [0.1, 0.15) is 11.3 Å². The minimum absolute atomic E-state index is 0.0627. The number of benzene rings is 1. The number of rotatable bonds is 4. The molecular formula is C17H22N5O3S+. The van der Waals surface area contributed by atoms with E-state index in [-0.39, 0.29) is 16.2 Å². The molecule has 0 saturated carbocycles. The van der Waals surface area contributed by atoms with Crippen molar-refractivity contribution in [3.63, 3.8) is 0 Å². The van der Waals surface area contributed by atoms with Crippen molar-refractivity contribution in [2.24, 2.45) is 5.10 Å². The van der Waals surface area contributed by atoms with E-state index in [1.165, 1.54) is 15.7 Å². The van der Waals surface area contributed by atoms with Crippen LogP contribution in [0.3, 0.4) is 0 Å². The maximum absolute atomic E-state index is 12.3. The molecule has 1 fully saturated rings. The van der Waals surface area contributed by atoms with E-state index in [1.54, 1.807) is 31.4 Å². The van der Waals surface area contributed by atoms with Crippen molar-refractivity contribution >= 4 is 18.4 Å². The molecular weight excluding hydrogens is 354 g/mol. The Bertz CT molecular complexity index is 929. The molecule has 1 aromatic heterocycles. The first-order valence-electron chi connectivity index (χ1n) is 8.32. The topological polar surface area (TPSA) is 87.3 Å². The molecule has 0 bridgehead atoms. The molecule has 0 spiro atoms. The Morgan fingerprint density at radius 3 is 2.81 bits per heavy atom. The summed E-state index contributed by atoms with van der Waals surface area (Å²) in [6.07, 6.45) is 1.39. The Morgan fingerprint density at radius 2 is 2.12 bits per heavy atom. The van der Waals surface area contributed by atoms with Gasteiger partial charge in [-0.15, -0.1) is 0 Å². The number of nitrogens with zero attached hydrogens (tertiary/aromatic N) is 3. The first-order valence-corrected chi connectivity index (χ1v) is 8.73. The molecule has 1 aliphatic heterocycles. The van der Waals surface area contributed by atoms with Crippen LogP contribution in [-0.2, 0) is 0 Å². The lowest BCUT2D eigenvalue weighted by molar-refractivity contribution is -0.884. The molecule has 8 nitrogen and oxygen atoms in total. The molecule has 3 rings (SSSR count). The van der Waals surface area contributed by atoms with Gasteiger partial charge in [-0.05, 0) is 24.4 Å². The van der Waals surface area contributed by atoms with Gasteiger partial charge in [0.15, 0.2) is 4.77 Å². The standard InChI is InChI=1S/C17H21N5O3S/c1-20-6-8-21(9-7-20)18-11-14-15(23)19-17(26)22(16(14)24)12-4-3-5-13(10-12)25-2/h3-5,10-11,24H,6-9H2,1-2H3,(H,19,23,26)/p+1/b18-11+. The largest absolute Gasteiger partial charge is 0.497 e. The van der Waals surface area contributed by atoms with Crippen molar-refractivity contribution in [2.45, 2.75) is 0 Å². The summed E-state index contributed by atoms with van der Waals surface area (Å²) < 4.78 is 6.69. The number of likely N-dealkylation sites (N-methyl/N-ethyl adjacent to an activating group) is 1. The molecule has 3 N–H and O–H groups in total. The maximum Gasteiger partial charge on any atom is 0.264 e. The lowest BCUT2D eigenvalue weighted by atomic mass is 10.2. The molecule has 1 aliphatic rings. The Hall–Kier alpha value is -2.65. The highest BCUT2D eigenvalue weighted by Crippen LogP contribution is 2.22. The van der Waals surface area contributed by atoms with E-state index >= 15 is 0 Å². The van der Waals surface area contributed by atoms with Gasteiger partial charge in [0.2, 0.25) is 5.88 Å². The van der Waals surface area contributed by atoms with Gasteiger partial charge in [0, 0.05) is 6.07 Å². The van der Waals surface area contributed by atoms with E-state index in [1.807, 2.05) is 5.01 Å². The summed E-state index contributed by atoms with van der Waals surface area (Å²) in [5, 5.41) is 16.9. The maximum atomic E-state index is 12.3. The summed E-state index contributed by atoms with van der Waals surface area (Å²) in [6.45, 7) is 3.56. The fraction of sp³-hybridized carbons (Fsp3) is 0.353. The third-order valence-corrected chi connectivity index (χ3v) is 4.66. The molecule has 0 aliphatic carbocycles. The minimum atomic E-state index is -0.477. The van der Waals surface area contributed by atoms with Crippen molar-refractivity contribution < 1.29 is 14.7 Å². The van der Waals surface area contributed by atoms with Crippen LogP contribution in [0.5, 0.6) is 11.6 Å². The highest BCUT2D eigenvalue weighted by atomic mass is 32.1. The van der Waals surface area contributed by atoms with Crippen LogP contribution in [0.25, 0.3) is 5.69 Å². The molecule has 0 amide bonds. The second kappa shape index (κ2) is 7.71. The van der Waals surface area contributed by atoms with Gasteiger partial charge in [-0.2, -0.15) is 5.10 Å². The normalized spacial score (nSPS) is 15.5. The summed E-state index contributed by atoms with van der Waals surface area (Å²) in [7, 11) is 3.69. The predicted molar refractivity (Wildman–Crippen MR) is 101 cm³/mol. The number of H-pyrrole nitrogens is 1. The molecule has 1 aromatic carbocycles. The summed E-state index contributed by atoms with van der Waals surface area (Å²) in [4.78, 5) is 16.3. The van der Waals surface area contributed by atoms with Crippen molar-refractivity contribution in [1.29, 1.82) is 0 Å². The van der Waals surface area contributed by atoms with Crippen LogP contribution in [0.15, 0.2) is 34.2 Å². The Morgan fingerprint density at radius 1 is 1.38 bits per heavy atom. The van der Waals surface area contributed by atoms with E-state index in [4.69, 9.17) is 17.0 Å². The molecule has 9 heteroatoms. The smallest absolute Gasteiger partial charge is 0.264 e. The number of nitrogens with one attached hydrogen (secondary N) is 2. The van der Waals surface area contributed by atoms with Gasteiger partial charge in [0.05, 0.1) is 52.2 Å². The lowest BCUT2D eigenvalue weighted by Gasteiger charge is -2.27. The van der Waals surface area contributed by atoms with E-state index in [2.05, 4.69) is 17.1 Å². The third kappa shape index (κ3) is 3.78. The lowest BCUT2D eigenvalue weighted by Crippen LogP contribution is -3.11. The van der Waals surface area contributed by atoms with Crippen molar-refractivity contribution in [2.75, 3.05) is 40.3 Å². The van der Waals surface area contributed by atoms with Gasteiger partial charge < -0.3 is 14.7 Å². The number of methoxy groups -OCH3 is 1. The number of aromatic nitrogens is 2. The van der Waals surface area contributed by atoms with Gasteiger partial charge in [-0.25, -0.2) is 0 Å². The molecule has 0 radical (unpaired) electrons. The number of piperazine rings is 1.